The third kappa shape index (κ3) is 3.23. The third-order valence-electron chi connectivity index (χ3n) is 7.77. The fourth-order valence-corrected chi connectivity index (χ4v) is 6.49. The summed E-state index contributed by atoms with van der Waals surface area (Å²) in [7, 11) is 0. The van der Waals surface area contributed by atoms with Crippen LogP contribution in [0.15, 0.2) is 36.4 Å². The summed E-state index contributed by atoms with van der Waals surface area (Å²) in [5.74, 6) is 1.34. The molecular formula is C32H22O8. The maximum Gasteiger partial charge on any atom is 0.170 e. The zero-order valence-corrected chi connectivity index (χ0v) is 21.2. The molecule has 2 aliphatic carbocycles. The number of hydrogen-bond acceptors (Lipinski definition) is 8. The fraction of sp³-hybridized carbons (Fsp3) is 0.188. The molecule has 0 spiro atoms. The van der Waals surface area contributed by atoms with Gasteiger partial charge in [0.2, 0.25) is 0 Å². The molecule has 0 fully saturated rings. The molecule has 8 heteroatoms. The number of hydrogen-bond donors (Lipinski definition) is 0. The second kappa shape index (κ2) is 9.43. The lowest BCUT2D eigenvalue weighted by Crippen LogP contribution is -2.26. The lowest BCUT2D eigenvalue weighted by atomic mass is 9.79. The molecule has 0 heterocycles. The van der Waals surface area contributed by atoms with E-state index in [1.54, 1.807) is 0 Å². The van der Waals surface area contributed by atoms with Crippen molar-refractivity contribution in [2.45, 2.75) is 12.5 Å². The van der Waals surface area contributed by atoms with Crippen LogP contribution in [-0.2, 0) is 35.1 Å². The number of benzene rings is 5. The third-order valence-corrected chi connectivity index (χ3v) is 7.77. The quantitative estimate of drug-likeness (QED) is 0.137. The summed E-state index contributed by atoms with van der Waals surface area (Å²) in [6.07, 6.45) is 4.70. The van der Waals surface area contributed by atoms with Crippen LogP contribution in [0.5, 0.6) is 11.5 Å². The molecule has 7 rings (SSSR count). The van der Waals surface area contributed by atoms with Crippen LogP contribution in [0.4, 0.5) is 0 Å². The van der Waals surface area contributed by atoms with Gasteiger partial charge in [-0.3, -0.25) is 14.4 Å². The molecule has 0 amide bonds. The van der Waals surface area contributed by atoms with Gasteiger partial charge in [0.15, 0.2) is 30.4 Å². The van der Waals surface area contributed by atoms with Gasteiger partial charge in [-0.2, -0.15) is 0 Å². The highest BCUT2D eigenvalue weighted by Crippen LogP contribution is 2.52. The first-order valence-corrected chi connectivity index (χ1v) is 12.9. The predicted molar refractivity (Wildman–Crippen MR) is 148 cm³/mol. The highest BCUT2D eigenvalue weighted by molar-refractivity contribution is 6.37. The van der Waals surface area contributed by atoms with Crippen molar-refractivity contribution in [1.29, 1.82) is 0 Å². The molecule has 1 atom stereocenters. The van der Waals surface area contributed by atoms with Crippen LogP contribution in [0.2, 0.25) is 0 Å². The molecule has 40 heavy (non-hydrogen) atoms. The Balaban J connectivity index is 1.75. The van der Waals surface area contributed by atoms with Crippen LogP contribution in [0.25, 0.3) is 54.9 Å². The normalized spacial score (nSPS) is 15.2. The largest absolute Gasteiger partial charge is 0.487 e. The number of ether oxygens (including phenoxy) is 4. The van der Waals surface area contributed by atoms with Gasteiger partial charge in [-0.05, 0) is 50.2 Å². The van der Waals surface area contributed by atoms with Gasteiger partial charge in [0.25, 0.3) is 0 Å². The van der Waals surface area contributed by atoms with Gasteiger partial charge < -0.3 is 23.7 Å². The van der Waals surface area contributed by atoms with Crippen LogP contribution in [0.3, 0.4) is 0 Å². The second-order valence-electron chi connectivity index (χ2n) is 9.67. The summed E-state index contributed by atoms with van der Waals surface area (Å²) >= 11 is 0. The Morgan fingerprint density at radius 2 is 1.38 bits per heavy atom. The van der Waals surface area contributed by atoms with Gasteiger partial charge >= 0.3 is 0 Å². The van der Waals surface area contributed by atoms with Crippen LogP contribution < -0.4 is 19.9 Å². The average molecular weight is 535 g/mol. The first-order valence-electron chi connectivity index (χ1n) is 12.9. The Hall–Kier alpha value is -4.82. The molecule has 5 aromatic carbocycles. The van der Waals surface area contributed by atoms with Crippen LogP contribution >= 0.6 is 0 Å². The van der Waals surface area contributed by atoms with E-state index >= 15 is 0 Å². The van der Waals surface area contributed by atoms with Gasteiger partial charge in [0.05, 0.1) is 0 Å². The predicted octanol–water partition coefficient (Wildman–Crippen LogP) is 2.82. The molecule has 198 valence electrons. The van der Waals surface area contributed by atoms with Crippen LogP contribution in [-0.4, -0.2) is 51.6 Å². The molecule has 0 aromatic heterocycles. The number of carbonyl (C=O) groups excluding carboxylic acids is 4. The summed E-state index contributed by atoms with van der Waals surface area (Å²) < 4.78 is 24.0. The van der Waals surface area contributed by atoms with Gasteiger partial charge in [-0.25, -0.2) is 0 Å². The summed E-state index contributed by atoms with van der Waals surface area (Å²) in [6.45, 7) is -0.628. The topological polar surface area (TPSA) is 105 Å². The molecule has 2 aliphatic rings. The lowest BCUT2D eigenvalue weighted by Gasteiger charge is -2.30. The van der Waals surface area contributed by atoms with E-state index in [1.807, 2.05) is 36.4 Å². The lowest BCUT2D eigenvalue weighted by molar-refractivity contribution is -0.114. The van der Waals surface area contributed by atoms with Gasteiger partial charge in [-0.1, -0.05) is 36.4 Å². The molecule has 1 unspecified atom stereocenters. The minimum absolute atomic E-state index is 0.143. The summed E-state index contributed by atoms with van der Waals surface area (Å²) in [5, 5.41) is 9.47. The molecular weight excluding hydrogens is 512 g/mol. The molecule has 0 bridgehead atoms. The molecule has 0 radical (unpaired) electrons. The minimum Gasteiger partial charge on any atom is -0.487 e. The second-order valence-corrected chi connectivity index (χ2v) is 9.67. The van der Waals surface area contributed by atoms with Crippen molar-refractivity contribution in [3.8, 4) is 11.5 Å². The van der Waals surface area contributed by atoms with E-state index in [9.17, 15) is 19.2 Å². The van der Waals surface area contributed by atoms with Gasteiger partial charge in [-0.15, -0.1) is 0 Å². The Bertz CT molecular complexity index is 2020. The number of rotatable bonds is 12. The maximum atomic E-state index is 11.3. The van der Waals surface area contributed by atoms with E-state index in [2.05, 4.69) is 6.08 Å². The van der Waals surface area contributed by atoms with Crippen molar-refractivity contribution in [3.05, 3.63) is 58.0 Å². The highest BCUT2D eigenvalue weighted by atomic mass is 16.5. The number of carbonyl (C=O) groups is 4. The monoisotopic (exact) mass is 534 g/mol. The van der Waals surface area contributed by atoms with Crippen molar-refractivity contribution >= 4 is 80.1 Å². The maximum absolute atomic E-state index is 11.3. The molecule has 0 saturated carbocycles. The van der Waals surface area contributed by atoms with Crippen molar-refractivity contribution in [3.63, 3.8) is 0 Å². The van der Waals surface area contributed by atoms with E-state index in [1.165, 1.54) is 0 Å². The Morgan fingerprint density at radius 3 is 2.15 bits per heavy atom. The Labute approximate surface area is 226 Å². The zero-order chi connectivity index (χ0) is 27.4. The van der Waals surface area contributed by atoms with E-state index in [0.717, 1.165) is 64.7 Å². The van der Waals surface area contributed by atoms with Crippen molar-refractivity contribution < 1.29 is 38.1 Å². The molecule has 0 saturated heterocycles. The molecule has 5 aromatic rings. The first-order chi connectivity index (χ1) is 19.7. The van der Waals surface area contributed by atoms with Gasteiger partial charge in [0.1, 0.15) is 44.6 Å². The SMILES string of the molecule is O=CCOC1=c2ccc3c4c5c(c(OCC=O)c(OCC=O)c6ccc7ccc(c(c24)c7c65)C1OCC=O)CC=3. The number of aldehydes is 4. The summed E-state index contributed by atoms with van der Waals surface area (Å²) in [4.78, 5) is 45.3. The minimum atomic E-state index is -0.695. The molecule has 0 aliphatic heterocycles. The van der Waals surface area contributed by atoms with E-state index < -0.39 is 6.10 Å². The summed E-state index contributed by atoms with van der Waals surface area (Å²) in [6, 6.07) is 11.9. The molecule has 8 nitrogen and oxygen atoms in total. The first kappa shape index (κ1) is 24.2. The molecule has 0 N–H and O–H groups in total. The average Bonchev–Trinajstić information content (AvgIpc) is 2.99. The highest BCUT2D eigenvalue weighted by Gasteiger charge is 2.33. The van der Waals surface area contributed by atoms with E-state index in [4.69, 9.17) is 18.9 Å². The van der Waals surface area contributed by atoms with E-state index in [0.29, 0.717) is 48.8 Å². The van der Waals surface area contributed by atoms with Crippen molar-refractivity contribution in [1.82, 2.24) is 0 Å². The van der Waals surface area contributed by atoms with E-state index in [-0.39, 0.29) is 26.4 Å². The summed E-state index contributed by atoms with van der Waals surface area (Å²) in [5.41, 5.74) is 1.70. The van der Waals surface area contributed by atoms with Gasteiger partial charge in [0, 0.05) is 26.9 Å². The van der Waals surface area contributed by atoms with Crippen LogP contribution in [0.1, 0.15) is 17.2 Å². The Kier molecular flexibility index (Phi) is 5.71. The fourth-order valence-electron chi connectivity index (χ4n) is 6.49. The standard InChI is InChI=1S/C32H22O8/c33-9-13-37-29-19-5-1-17-2-6-20-26-23(17)25(19)27-21(30(29)38-14-10-34)7-3-18-4-8-22(28(26)24(18)27)32(40-16-12-36)31(20)39-15-11-35/h1-7,9-12,29H,8,13-16H2. The van der Waals surface area contributed by atoms with Crippen molar-refractivity contribution in [2.75, 3.05) is 26.4 Å². The van der Waals surface area contributed by atoms with Crippen LogP contribution in [0, 0.1) is 0 Å². The Morgan fingerprint density at radius 1 is 0.650 bits per heavy atom. The smallest absolute Gasteiger partial charge is 0.170 e. The van der Waals surface area contributed by atoms with Crippen molar-refractivity contribution in [2.24, 2.45) is 0 Å². The zero-order valence-electron chi connectivity index (χ0n) is 21.2.